The van der Waals surface area contributed by atoms with Crippen molar-refractivity contribution in [1.29, 1.82) is 0 Å². The lowest BCUT2D eigenvalue weighted by molar-refractivity contribution is 0.112. The van der Waals surface area contributed by atoms with Crippen LogP contribution in [0.4, 0.5) is 5.69 Å². The normalized spacial score (nSPS) is 16.6. The Bertz CT molecular complexity index is 1080. The summed E-state index contributed by atoms with van der Waals surface area (Å²) in [5.74, 6) is 1.89. The standard InChI is InChI=1S/C25H30N4O3/c30-19-21-18-26-29-12-7-22(17-24(21)29)31-15-2-1-9-27-10-4-11-28(14-13-27)23-6-3-5-20-8-16-32-25(20)23/h3,5-7,12,17-19H,1-2,4,8-11,13-16H2. The summed E-state index contributed by atoms with van der Waals surface area (Å²) in [5, 5.41) is 4.16. The Labute approximate surface area is 188 Å². The number of hydrogen-bond acceptors (Lipinski definition) is 6. The van der Waals surface area contributed by atoms with E-state index in [1.807, 2.05) is 18.3 Å². The number of aldehydes is 1. The monoisotopic (exact) mass is 434 g/mol. The molecular formula is C25H30N4O3. The maximum absolute atomic E-state index is 11.1. The Kier molecular flexibility index (Phi) is 6.25. The molecule has 5 rings (SSSR count). The largest absolute Gasteiger partial charge is 0.493 e. The van der Waals surface area contributed by atoms with Crippen LogP contribution in [0.2, 0.25) is 0 Å². The van der Waals surface area contributed by atoms with Crippen LogP contribution in [0, 0.1) is 0 Å². The predicted molar refractivity (Wildman–Crippen MR) is 124 cm³/mol. The van der Waals surface area contributed by atoms with Crippen LogP contribution < -0.4 is 14.4 Å². The summed E-state index contributed by atoms with van der Waals surface area (Å²) in [5.41, 5.74) is 3.97. The summed E-state index contributed by atoms with van der Waals surface area (Å²) in [6, 6.07) is 10.3. The van der Waals surface area contributed by atoms with Gasteiger partial charge in [-0.05, 0) is 50.0 Å². The lowest BCUT2D eigenvalue weighted by Gasteiger charge is -2.25. The SMILES string of the molecule is O=Cc1cnn2ccc(OCCCCN3CCCN(c4cccc5c4OCC5)CC3)cc12. The van der Waals surface area contributed by atoms with Crippen molar-refractivity contribution in [3.63, 3.8) is 0 Å². The van der Waals surface area contributed by atoms with Gasteiger partial charge in [0, 0.05) is 38.3 Å². The van der Waals surface area contributed by atoms with Gasteiger partial charge < -0.3 is 19.3 Å². The second-order valence-electron chi connectivity index (χ2n) is 8.51. The molecule has 3 aromatic rings. The van der Waals surface area contributed by atoms with Crippen molar-refractivity contribution in [1.82, 2.24) is 14.5 Å². The molecule has 7 nitrogen and oxygen atoms in total. The van der Waals surface area contributed by atoms with E-state index in [4.69, 9.17) is 9.47 Å². The molecule has 0 radical (unpaired) electrons. The van der Waals surface area contributed by atoms with E-state index in [0.717, 1.165) is 81.9 Å². The first kappa shape index (κ1) is 20.8. The maximum Gasteiger partial charge on any atom is 0.153 e. The van der Waals surface area contributed by atoms with Gasteiger partial charge in [0.1, 0.15) is 11.5 Å². The van der Waals surface area contributed by atoms with Crippen LogP contribution in [-0.4, -0.2) is 66.7 Å². The fourth-order valence-corrected chi connectivity index (χ4v) is 4.67. The van der Waals surface area contributed by atoms with Gasteiger partial charge in [0.25, 0.3) is 0 Å². The first-order valence-electron chi connectivity index (χ1n) is 11.6. The quantitative estimate of drug-likeness (QED) is 0.400. The van der Waals surface area contributed by atoms with Crippen molar-refractivity contribution in [3.05, 3.63) is 53.9 Å². The number of rotatable bonds is 8. The molecular weight excluding hydrogens is 404 g/mol. The van der Waals surface area contributed by atoms with E-state index in [1.165, 1.54) is 17.7 Å². The number of aromatic nitrogens is 2. The number of benzene rings is 1. The van der Waals surface area contributed by atoms with Crippen molar-refractivity contribution in [2.75, 3.05) is 50.8 Å². The van der Waals surface area contributed by atoms with Crippen LogP contribution in [-0.2, 0) is 6.42 Å². The van der Waals surface area contributed by atoms with Crippen molar-refractivity contribution in [2.24, 2.45) is 0 Å². The van der Waals surface area contributed by atoms with Crippen molar-refractivity contribution in [2.45, 2.75) is 25.7 Å². The molecule has 7 heteroatoms. The van der Waals surface area contributed by atoms with Crippen molar-refractivity contribution < 1.29 is 14.3 Å². The predicted octanol–water partition coefficient (Wildman–Crippen LogP) is 3.45. The highest BCUT2D eigenvalue weighted by atomic mass is 16.5. The fraction of sp³-hybridized carbons (Fsp3) is 0.440. The summed E-state index contributed by atoms with van der Waals surface area (Å²) in [6.45, 7) is 6.92. The Hall–Kier alpha value is -3.06. The second-order valence-corrected chi connectivity index (χ2v) is 8.51. The molecule has 0 aliphatic carbocycles. The molecule has 2 aliphatic rings. The van der Waals surface area contributed by atoms with Gasteiger partial charge in [-0.15, -0.1) is 0 Å². The zero-order valence-corrected chi connectivity index (χ0v) is 18.4. The molecule has 0 N–H and O–H groups in total. The minimum Gasteiger partial charge on any atom is -0.493 e. The molecule has 2 aliphatic heterocycles. The maximum atomic E-state index is 11.1. The summed E-state index contributed by atoms with van der Waals surface area (Å²) in [7, 11) is 0. The number of fused-ring (bicyclic) bond motifs is 2. The van der Waals surface area contributed by atoms with Crippen LogP contribution in [0.1, 0.15) is 35.2 Å². The third kappa shape index (κ3) is 4.43. The summed E-state index contributed by atoms with van der Waals surface area (Å²) >= 11 is 0. The number of ether oxygens (including phenoxy) is 2. The zero-order valence-electron chi connectivity index (χ0n) is 18.4. The minimum absolute atomic E-state index is 0.581. The number of unbranched alkanes of at least 4 members (excludes halogenated alkanes) is 1. The topological polar surface area (TPSA) is 59.3 Å². The third-order valence-electron chi connectivity index (χ3n) is 6.41. The molecule has 0 saturated carbocycles. The second kappa shape index (κ2) is 9.61. The van der Waals surface area contributed by atoms with E-state index < -0.39 is 0 Å². The number of hydrogen-bond donors (Lipinski definition) is 0. The van der Waals surface area contributed by atoms with Crippen LogP contribution >= 0.6 is 0 Å². The van der Waals surface area contributed by atoms with E-state index in [2.05, 4.69) is 33.1 Å². The summed E-state index contributed by atoms with van der Waals surface area (Å²) < 4.78 is 13.5. The average Bonchev–Trinajstić information content (AvgIpc) is 3.40. The molecule has 0 atom stereocenters. The number of para-hydroxylation sites is 1. The highest BCUT2D eigenvalue weighted by Crippen LogP contribution is 2.36. The Morgan fingerprint density at radius 3 is 3.03 bits per heavy atom. The summed E-state index contributed by atoms with van der Waals surface area (Å²) in [6.07, 6.45) is 8.54. The minimum atomic E-state index is 0.581. The number of carbonyl (C=O) groups excluding carboxylic acids is 1. The van der Waals surface area contributed by atoms with Gasteiger partial charge in [-0.2, -0.15) is 5.10 Å². The lowest BCUT2D eigenvalue weighted by Crippen LogP contribution is -2.31. The van der Waals surface area contributed by atoms with E-state index >= 15 is 0 Å². The molecule has 168 valence electrons. The molecule has 4 heterocycles. The van der Waals surface area contributed by atoms with E-state index in [0.29, 0.717) is 12.2 Å². The van der Waals surface area contributed by atoms with Crippen molar-refractivity contribution >= 4 is 17.5 Å². The van der Waals surface area contributed by atoms with E-state index in [-0.39, 0.29) is 0 Å². The molecule has 0 spiro atoms. The third-order valence-corrected chi connectivity index (χ3v) is 6.41. The zero-order chi connectivity index (χ0) is 21.8. The molecule has 0 bridgehead atoms. The molecule has 1 fully saturated rings. The number of pyridine rings is 1. The van der Waals surface area contributed by atoms with Gasteiger partial charge in [0.05, 0.1) is 36.2 Å². The van der Waals surface area contributed by atoms with Gasteiger partial charge in [-0.25, -0.2) is 4.52 Å². The van der Waals surface area contributed by atoms with Crippen LogP contribution in [0.25, 0.3) is 5.52 Å². The number of anilines is 1. The first-order chi connectivity index (χ1) is 15.8. The Balaban J connectivity index is 1.07. The summed E-state index contributed by atoms with van der Waals surface area (Å²) in [4.78, 5) is 16.2. The van der Waals surface area contributed by atoms with Crippen LogP contribution in [0.3, 0.4) is 0 Å². The Morgan fingerprint density at radius 1 is 1.12 bits per heavy atom. The molecule has 1 aromatic carbocycles. The fourth-order valence-electron chi connectivity index (χ4n) is 4.67. The van der Waals surface area contributed by atoms with Crippen molar-refractivity contribution in [3.8, 4) is 11.5 Å². The van der Waals surface area contributed by atoms with Gasteiger partial charge in [-0.3, -0.25) is 4.79 Å². The molecule has 2 aromatic heterocycles. The van der Waals surface area contributed by atoms with Gasteiger partial charge in [-0.1, -0.05) is 12.1 Å². The Morgan fingerprint density at radius 2 is 2.09 bits per heavy atom. The lowest BCUT2D eigenvalue weighted by atomic mass is 10.1. The highest BCUT2D eigenvalue weighted by molar-refractivity contribution is 5.85. The molecule has 1 saturated heterocycles. The number of nitrogens with zero attached hydrogens (tertiary/aromatic N) is 4. The number of carbonyl (C=O) groups is 1. The average molecular weight is 435 g/mol. The molecule has 32 heavy (non-hydrogen) atoms. The van der Waals surface area contributed by atoms with E-state index in [1.54, 1.807) is 10.7 Å². The molecule has 0 amide bonds. The van der Waals surface area contributed by atoms with Gasteiger partial charge in [0.15, 0.2) is 6.29 Å². The van der Waals surface area contributed by atoms with Gasteiger partial charge >= 0.3 is 0 Å². The smallest absolute Gasteiger partial charge is 0.153 e. The highest BCUT2D eigenvalue weighted by Gasteiger charge is 2.22. The van der Waals surface area contributed by atoms with E-state index in [9.17, 15) is 4.79 Å². The first-order valence-corrected chi connectivity index (χ1v) is 11.6. The van der Waals surface area contributed by atoms with Crippen LogP contribution in [0.15, 0.2) is 42.7 Å². The van der Waals surface area contributed by atoms with Crippen LogP contribution in [0.5, 0.6) is 11.5 Å². The van der Waals surface area contributed by atoms with Gasteiger partial charge in [0.2, 0.25) is 0 Å². The molecule has 0 unspecified atom stereocenters.